The van der Waals surface area contributed by atoms with Gasteiger partial charge in [0.1, 0.15) is 12.4 Å². The molecule has 3 heteroatoms. The van der Waals surface area contributed by atoms with E-state index in [2.05, 4.69) is 51.7 Å². The van der Waals surface area contributed by atoms with E-state index in [1.165, 1.54) is 5.56 Å². The summed E-state index contributed by atoms with van der Waals surface area (Å²) in [5, 5.41) is 0. The molecule has 114 valence electrons. The SMILES string of the molecule is CCC(N)c1ccc(OCCN(C(C)C)C(C)C)cc1. The second-order valence-electron chi connectivity index (χ2n) is 5.86. The second-order valence-corrected chi connectivity index (χ2v) is 5.86. The van der Waals surface area contributed by atoms with E-state index >= 15 is 0 Å². The molecule has 0 fully saturated rings. The van der Waals surface area contributed by atoms with E-state index < -0.39 is 0 Å². The van der Waals surface area contributed by atoms with Crippen LogP contribution in [0, 0.1) is 0 Å². The summed E-state index contributed by atoms with van der Waals surface area (Å²) in [5.74, 6) is 0.921. The molecule has 1 rings (SSSR count). The van der Waals surface area contributed by atoms with Gasteiger partial charge in [0.15, 0.2) is 0 Å². The van der Waals surface area contributed by atoms with Gasteiger partial charge in [-0.1, -0.05) is 19.1 Å². The highest BCUT2D eigenvalue weighted by Gasteiger charge is 2.12. The van der Waals surface area contributed by atoms with Gasteiger partial charge >= 0.3 is 0 Å². The van der Waals surface area contributed by atoms with Gasteiger partial charge in [0.05, 0.1) is 0 Å². The number of hydrogen-bond acceptors (Lipinski definition) is 3. The monoisotopic (exact) mass is 278 g/mol. The van der Waals surface area contributed by atoms with E-state index in [0.717, 1.165) is 25.3 Å². The minimum absolute atomic E-state index is 0.126. The Morgan fingerprint density at radius 2 is 1.60 bits per heavy atom. The van der Waals surface area contributed by atoms with E-state index in [0.29, 0.717) is 12.1 Å². The maximum Gasteiger partial charge on any atom is 0.119 e. The molecule has 0 amide bonds. The molecule has 0 aliphatic carbocycles. The molecule has 1 unspecified atom stereocenters. The number of hydrogen-bond donors (Lipinski definition) is 1. The summed E-state index contributed by atoms with van der Waals surface area (Å²) >= 11 is 0. The largest absolute Gasteiger partial charge is 0.492 e. The molecule has 3 nitrogen and oxygen atoms in total. The molecule has 2 N–H and O–H groups in total. The molecule has 0 bridgehead atoms. The van der Waals surface area contributed by atoms with Gasteiger partial charge in [0.25, 0.3) is 0 Å². The van der Waals surface area contributed by atoms with Crippen molar-refractivity contribution >= 4 is 0 Å². The molecular formula is C17H30N2O. The maximum atomic E-state index is 6.00. The van der Waals surface area contributed by atoms with Crippen LogP contribution < -0.4 is 10.5 Å². The van der Waals surface area contributed by atoms with Gasteiger partial charge in [-0.3, -0.25) is 4.90 Å². The Balaban J connectivity index is 2.46. The zero-order valence-electron chi connectivity index (χ0n) is 13.6. The summed E-state index contributed by atoms with van der Waals surface area (Å²) in [4.78, 5) is 2.43. The zero-order chi connectivity index (χ0) is 15.1. The Labute approximate surface area is 124 Å². The number of ether oxygens (including phenoxy) is 1. The Hall–Kier alpha value is -1.06. The van der Waals surface area contributed by atoms with Gasteiger partial charge in [-0.2, -0.15) is 0 Å². The number of nitrogens with zero attached hydrogens (tertiary/aromatic N) is 1. The van der Waals surface area contributed by atoms with E-state index in [4.69, 9.17) is 10.5 Å². The molecule has 0 spiro atoms. The minimum atomic E-state index is 0.126. The fraction of sp³-hybridized carbons (Fsp3) is 0.647. The van der Waals surface area contributed by atoms with E-state index in [9.17, 15) is 0 Å². The first-order valence-electron chi connectivity index (χ1n) is 7.69. The van der Waals surface area contributed by atoms with Crippen molar-refractivity contribution in [2.45, 2.75) is 59.2 Å². The Morgan fingerprint density at radius 1 is 1.05 bits per heavy atom. The van der Waals surface area contributed by atoms with Crippen LogP contribution in [0.1, 0.15) is 52.6 Å². The lowest BCUT2D eigenvalue weighted by molar-refractivity contribution is 0.142. The maximum absolute atomic E-state index is 6.00. The van der Waals surface area contributed by atoms with Gasteiger partial charge in [-0.15, -0.1) is 0 Å². The number of nitrogens with two attached hydrogens (primary N) is 1. The van der Waals surface area contributed by atoms with Gasteiger partial charge in [-0.25, -0.2) is 0 Å². The van der Waals surface area contributed by atoms with Crippen molar-refractivity contribution in [3.63, 3.8) is 0 Å². The Morgan fingerprint density at radius 3 is 2.05 bits per heavy atom. The van der Waals surface area contributed by atoms with Gasteiger partial charge < -0.3 is 10.5 Å². The Bertz CT molecular complexity index is 365. The van der Waals surface area contributed by atoms with Crippen LogP contribution in [0.3, 0.4) is 0 Å². The topological polar surface area (TPSA) is 38.5 Å². The average Bonchev–Trinajstić information content (AvgIpc) is 2.42. The quantitative estimate of drug-likeness (QED) is 0.789. The van der Waals surface area contributed by atoms with E-state index in [1.807, 2.05) is 12.1 Å². The fourth-order valence-corrected chi connectivity index (χ4v) is 2.43. The first kappa shape index (κ1) is 17.0. The molecule has 0 aliphatic rings. The lowest BCUT2D eigenvalue weighted by atomic mass is 10.1. The molecule has 0 radical (unpaired) electrons. The third kappa shape index (κ3) is 5.14. The van der Waals surface area contributed by atoms with Crippen LogP contribution in [-0.4, -0.2) is 30.1 Å². The van der Waals surface area contributed by atoms with Gasteiger partial charge in [0, 0.05) is 24.7 Å². The van der Waals surface area contributed by atoms with Gasteiger partial charge in [0.2, 0.25) is 0 Å². The van der Waals surface area contributed by atoms with Crippen LogP contribution in [0.5, 0.6) is 5.75 Å². The van der Waals surface area contributed by atoms with Crippen LogP contribution in [-0.2, 0) is 0 Å². The molecule has 1 atom stereocenters. The van der Waals surface area contributed by atoms with E-state index in [-0.39, 0.29) is 6.04 Å². The molecule has 0 saturated heterocycles. The highest BCUT2D eigenvalue weighted by molar-refractivity contribution is 5.28. The van der Waals surface area contributed by atoms with Crippen molar-refractivity contribution in [2.75, 3.05) is 13.2 Å². The van der Waals surface area contributed by atoms with Crippen molar-refractivity contribution in [1.82, 2.24) is 4.90 Å². The lowest BCUT2D eigenvalue weighted by Gasteiger charge is -2.30. The third-order valence-electron chi connectivity index (χ3n) is 3.69. The summed E-state index contributed by atoms with van der Waals surface area (Å²) in [6.07, 6.45) is 0.956. The van der Waals surface area contributed by atoms with Crippen LogP contribution in [0.2, 0.25) is 0 Å². The summed E-state index contributed by atoms with van der Waals surface area (Å²) in [6.45, 7) is 12.7. The molecule has 1 aromatic rings. The third-order valence-corrected chi connectivity index (χ3v) is 3.69. The molecule has 0 heterocycles. The van der Waals surface area contributed by atoms with Crippen LogP contribution >= 0.6 is 0 Å². The average molecular weight is 278 g/mol. The second kappa shape index (κ2) is 8.28. The predicted molar refractivity (Wildman–Crippen MR) is 86.1 cm³/mol. The van der Waals surface area contributed by atoms with Crippen LogP contribution in [0.4, 0.5) is 0 Å². The van der Waals surface area contributed by atoms with Crippen molar-refractivity contribution in [2.24, 2.45) is 5.73 Å². The molecule has 1 aromatic carbocycles. The molecule has 0 saturated carbocycles. The molecular weight excluding hydrogens is 248 g/mol. The summed E-state index contributed by atoms with van der Waals surface area (Å²) in [7, 11) is 0. The minimum Gasteiger partial charge on any atom is -0.492 e. The standard InChI is InChI=1S/C17H30N2O/c1-6-17(18)15-7-9-16(10-8-15)20-12-11-19(13(2)3)14(4)5/h7-10,13-14,17H,6,11-12,18H2,1-5H3. The lowest BCUT2D eigenvalue weighted by Crippen LogP contribution is -2.39. The summed E-state index contributed by atoms with van der Waals surface area (Å²) < 4.78 is 5.82. The highest BCUT2D eigenvalue weighted by atomic mass is 16.5. The van der Waals surface area contributed by atoms with Crippen LogP contribution in [0.15, 0.2) is 24.3 Å². The smallest absolute Gasteiger partial charge is 0.119 e. The predicted octanol–water partition coefficient (Wildman–Crippen LogP) is 3.59. The Kier molecular flexibility index (Phi) is 7.03. The number of benzene rings is 1. The first-order valence-corrected chi connectivity index (χ1v) is 7.69. The highest BCUT2D eigenvalue weighted by Crippen LogP contribution is 2.18. The van der Waals surface area contributed by atoms with Crippen molar-refractivity contribution < 1.29 is 4.74 Å². The molecule has 20 heavy (non-hydrogen) atoms. The normalized spacial score (nSPS) is 13.2. The molecule has 0 aromatic heterocycles. The fourth-order valence-electron chi connectivity index (χ4n) is 2.43. The summed E-state index contributed by atoms with van der Waals surface area (Å²) in [5.41, 5.74) is 7.18. The van der Waals surface area contributed by atoms with Crippen molar-refractivity contribution in [3.8, 4) is 5.75 Å². The van der Waals surface area contributed by atoms with E-state index in [1.54, 1.807) is 0 Å². The zero-order valence-corrected chi connectivity index (χ0v) is 13.6. The number of rotatable bonds is 8. The first-order chi connectivity index (χ1) is 9.45. The van der Waals surface area contributed by atoms with Gasteiger partial charge in [-0.05, 0) is 51.8 Å². The summed E-state index contributed by atoms with van der Waals surface area (Å²) in [6, 6.07) is 9.37. The molecule has 0 aliphatic heterocycles. The van der Waals surface area contributed by atoms with Crippen molar-refractivity contribution in [3.05, 3.63) is 29.8 Å². The van der Waals surface area contributed by atoms with Crippen molar-refractivity contribution in [1.29, 1.82) is 0 Å². The van der Waals surface area contributed by atoms with Crippen LogP contribution in [0.25, 0.3) is 0 Å².